The van der Waals surface area contributed by atoms with Gasteiger partial charge < -0.3 is 9.30 Å². The number of benzene rings is 1. The number of ether oxygens (including phenoxy) is 1. The smallest absolute Gasteiger partial charge is 0.313 e. The predicted molar refractivity (Wildman–Crippen MR) is 70.8 cm³/mol. The molecule has 1 aromatic heterocycles. The van der Waals surface area contributed by atoms with Gasteiger partial charge in [0.2, 0.25) is 0 Å². The Balaban J connectivity index is 2.49. The first kappa shape index (κ1) is 12.9. The number of carbonyl (C=O) groups excluding carboxylic acids is 1. The van der Waals surface area contributed by atoms with Crippen molar-refractivity contribution in [3.8, 4) is 0 Å². The fourth-order valence-electron chi connectivity index (χ4n) is 1.96. The Bertz CT molecular complexity index is 578. The molecule has 0 aliphatic heterocycles. The molecule has 0 radical (unpaired) electrons. The lowest BCUT2D eigenvalue weighted by molar-refractivity contribution is -0.139. The molecule has 0 saturated carbocycles. The summed E-state index contributed by atoms with van der Waals surface area (Å²) in [7, 11) is 1.38. The van der Waals surface area contributed by atoms with Crippen LogP contribution in [0, 0.1) is 0 Å². The molecule has 0 atom stereocenters. The van der Waals surface area contributed by atoms with Gasteiger partial charge in [0.15, 0.2) is 0 Å². The highest BCUT2D eigenvalue weighted by molar-refractivity contribution is 6.31. The van der Waals surface area contributed by atoms with E-state index < -0.39 is 0 Å². The zero-order valence-electron chi connectivity index (χ0n) is 10.4. The molecule has 96 valence electrons. The number of imidazole rings is 1. The van der Waals surface area contributed by atoms with Crippen molar-refractivity contribution in [1.82, 2.24) is 9.55 Å². The normalized spacial score (nSPS) is 10.8. The lowest BCUT2D eigenvalue weighted by Gasteiger charge is -2.06. The average Bonchev–Trinajstić information content (AvgIpc) is 2.67. The van der Waals surface area contributed by atoms with Crippen molar-refractivity contribution >= 4 is 28.6 Å². The van der Waals surface area contributed by atoms with E-state index in [2.05, 4.69) is 16.6 Å². The summed E-state index contributed by atoms with van der Waals surface area (Å²) in [5.74, 6) is 0.440. The second-order valence-corrected chi connectivity index (χ2v) is 4.50. The zero-order chi connectivity index (χ0) is 13.1. The Morgan fingerprint density at radius 1 is 1.50 bits per heavy atom. The maximum Gasteiger partial charge on any atom is 0.313 e. The molecule has 5 heteroatoms. The third-order valence-electron chi connectivity index (χ3n) is 2.77. The zero-order valence-corrected chi connectivity index (χ0v) is 11.2. The topological polar surface area (TPSA) is 44.1 Å². The number of aromatic nitrogens is 2. The number of rotatable bonds is 4. The fraction of sp³-hybridized carbons (Fsp3) is 0.385. The number of nitrogens with zero attached hydrogens (tertiary/aromatic N) is 2. The van der Waals surface area contributed by atoms with E-state index in [1.807, 2.05) is 22.8 Å². The fourth-order valence-corrected chi connectivity index (χ4v) is 2.13. The number of aryl methyl sites for hydroxylation is 1. The van der Waals surface area contributed by atoms with Gasteiger partial charge in [0.1, 0.15) is 12.2 Å². The number of hydrogen-bond acceptors (Lipinski definition) is 3. The van der Waals surface area contributed by atoms with Crippen LogP contribution in [-0.4, -0.2) is 22.6 Å². The quantitative estimate of drug-likeness (QED) is 0.800. The van der Waals surface area contributed by atoms with Crippen molar-refractivity contribution in [2.24, 2.45) is 0 Å². The molecule has 4 nitrogen and oxygen atoms in total. The van der Waals surface area contributed by atoms with Crippen LogP contribution in [0.25, 0.3) is 11.0 Å². The number of carbonyl (C=O) groups is 1. The number of methoxy groups -OCH3 is 1. The largest absolute Gasteiger partial charge is 0.469 e. The maximum atomic E-state index is 11.4. The van der Waals surface area contributed by atoms with Crippen molar-refractivity contribution < 1.29 is 9.53 Å². The lowest BCUT2D eigenvalue weighted by atomic mass is 10.3. The molecule has 2 aromatic rings. The molecular weight excluding hydrogens is 252 g/mol. The summed E-state index contributed by atoms with van der Waals surface area (Å²) in [4.78, 5) is 15.8. The van der Waals surface area contributed by atoms with Gasteiger partial charge in [-0.15, -0.1) is 0 Å². The molecule has 0 spiro atoms. The predicted octanol–water partition coefficient (Wildman–Crippen LogP) is 2.82. The van der Waals surface area contributed by atoms with Crippen molar-refractivity contribution in [2.75, 3.05) is 7.11 Å². The molecule has 18 heavy (non-hydrogen) atoms. The van der Waals surface area contributed by atoms with E-state index in [9.17, 15) is 4.79 Å². The SMILES string of the molecule is CCCn1c(CC(=O)OC)nc2cc(Cl)ccc21. The molecule has 0 saturated heterocycles. The van der Waals surface area contributed by atoms with E-state index in [4.69, 9.17) is 11.6 Å². The highest BCUT2D eigenvalue weighted by Gasteiger charge is 2.14. The van der Waals surface area contributed by atoms with Crippen LogP contribution >= 0.6 is 11.6 Å². The summed E-state index contributed by atoms with van der Waals surface area (Å²) in [5, 5.41) is 0.647. The first-order valence-electron chi connectivity index (χ1n) is 5.87. The van der Waals surface area contributed by atoms with Gasteiger partial charge >= 0.3 is 5.97 Å². The van der Waals surface area contributed by atoms with Gasteiger partial charge in [0, 0.05) is 11.6 Å². The second-order valence-electron chi connectivity index (χ2n) is 4.07. The van der Waals surface area contributed by atoms with Crippen LogP contribution in [0.15, 0.2) is 18.2 Å². The molecule has 1 heterocycles. The Morgan fingerprint density at radius 2 is 2.28 bits per heavy atom. The van der Waals surface area contributed by atoms with Gasteiger partial charge in [-0.05, 0) is 24.6 Å². The first-order chi connectivity index (χ1) is 8.65. The Hall–Kier alpha value is -1.55. The van der Waals surface area contributed by atoms with Crippen LogP contribution in [0.3, 0.4) is 0 Å². The molecule has 0 bridgehead atoms. The minimum atomic E-state index is -0.284. The van der Waals surface area contributed by atoms with Crippen LogP contribution in [0.5, 0.6) is 0 Å². The van der Waals surface area contributed by atoms with E-state index in [0.29, 0.717) is 5.02 Å². The van der Waals surface area contributed by atoms with Crippen molar-refractivity contribution in [3.05, 3.63) is 29.0 Å². The molecule has 2 rings (SSSR count). The summed E-state index contributed by atoms with van der Waals surface area (Å²) >= 11 is 5.95. The summed E-state index contributed by atoms with van der Waals surface area (Å²) in [6.07, 6.45) is 1.16. The molecule has 1 aromatic carbocycles. The Labute approximate surface area is 111 Å². The van der Waals surface area contributed by atoms with Crippen LogP contribution < -0.4 is 0 Å². The van der Waals surface area contributed by atoms with Gasteiger partial charge in [-0.25, -0.2) is 4.98 Å². The minimum Gasteiger partial charge on any atom is -0.469 e. The van der Waals surface area contributed by atoms with Crippen molar-refractivity contribution in [2.45, 2.75) is 26.3 Å². The highest BCUT2D eigenvalue weighted by atomic mass is 35.5. The van der Waals surface area contributed by atoms with Crippen LogP contribution in [0.2, 0.25) is 5.02 Å². The van der Waals surface area contributed by atoms with E-state index >= 15 is 0 Å². The first-order valence-corrected chi connectivity index (χ1v) is 6.25. The molecular formula is C13H15ClN2O2. The third-order valence-corrected chi connectivity index (χ3v) is 3.00. The number of hydrogen-bond donors (Lipinski definition) is 0. The average molecular weight is 267 g/mol. The summed E-state index contributed by atoms with van der Waals surface area (Å²) < 4.78 is 6.73. The van der Waals surface area contributed by atoms with Gasteiger partial charge in [-0.3, -0.25) is 4.79 Å². The summed E-state index contributed by atoms with van der Waals surface area (Å²) in [5.41, 5.74) is 1.81. The standard InChI is InChI=1S/C13H15ClN2O2/c1-3-6-16-11-5-4-9(14)7-10(11)15-12(16)8-13(17)18-2/h4-5,7H,3,6,8H2,1-2H3. The van der Waals surface area contributed by atoms with Gasteiger partial charge in [0.05, 0.1) is 18.1 Å². The molecule has 0 amide bonds. The second kappa shape index (κ2) is 5.40. The molecule has 0 aliphatic carbocycles. The molecule has 0 N–H and O–H groups in total. The minimum absolute atomic E-state index is 0.183. The lowest BCUT2D eigenvalue weighted by Crippen LogP contribution is -2.11. The van der Waals surface area contributed by atoms with E-state index in [0.717, 1.165) is 29.8 Å². The summed E-state index contributed by atoms with van der Waals surface area (Å²) in [6.45, 7) is 2.91. The van der Waals surface area contributed by atoms with E-state index in [1.54, 1.807) is 0 Å². The maximum absolute atomic E-state index is 11.4. The van der Waals surface area contributed by atoms with Crippen LogP contribution in [-0.2, 0) is 22.5 Å². The Kier molecular flexibility index (Phi) is 3.87. The van der Waals surface area contributed by atoms with Crippen LogP contribution in [0.1, 0.15) is 19.2 Å². The van der Waals surface area contributed by atoms with E-state index in [1.165, 1.54) is 7.11 Å². The van der Waals surface area contributed by atoms with E-state index in [-0.39, 0.29) is 12.4 Å². The van der Waals surface area contributed by atoms with Crippen molar-refractivity contribution in [1.29, 1.82) is 0 Å². The van der Waals surface area contributed by atoms with Crippen LogP contribution in [0.4, 0.5) is 0 Å². The summed E-state index contributed by atoms with van der Waals surface area (Å²) in [6, 6.07) is 5.57. The number of esters is 1. The van der Waals surface area contributed by atoms with Gasteiger partial charge in [-0.2, -0.15) is 0 Å². The van der Waals surface area contributed by atoms with Gasteiger partial charge in [0.25, 0.3) is 0 Å². The number of fused-ring (bicyclic) bond motifs is 1. The molecule has 0 fully saturated rings. The highest BCUT2D eigenvalue weighted by Crippen LogP contribution is 2.21. The monoisotopic (exact) mass is 266 g/mol. The Morgan fingerprint density at radius 3 is 2.94 bits per heavy atom. The molecule has 0 unspecified atom stereocenters. The third kappa shape index (κ3) is 2.48. The van der Waals surface area contributed by atoms with Crippen molar-refractivity contribution in [3.63, 3.8) is 0 Å². The molecule has 0 aliphatic rings. The van der Waals surface area contributed by atoms with Gasteiger partial charge in [-0.1, -0.05) is 18.5 Å². The number of halogens is 1.